The maximum atomic E-state index is 12.5. The predicted octanol–water partition coefficient (Wildman–Crippen LogP) is 4.62. The fourth-order valence-electron chi connectivity index (χ4n) is 2.56. The lowest BCUT2D eigenvalue weighted by Crippen LogP contribution is -2.13. The van der Waals surface area contributed by atoms with Crippen LogP contribution in [-0.2, 0) is 0 Å². The molecular weight excluding hydrogens is 346 g/mol. The van der Waals surface area contributed by atoms with Gasteiger partial charge in [-0.25, -0.2) is 9.97 Å². The number of methoxy groups -OCH3 is 1. The molecule has 2 aromatic heterocycles. The summed E-state index contributed by atoms with van der Waals surface area (Å²) < 4.78 is 5.16. The van der Waals surface area contributed by atoms with Gasteiger partial charge in [0, 0.05) is 16.3 Å². The van der Waals surface area contributed by atoms with Gasteiger partial charge in [0.1, 0.15) is 22.3 Å². The first kappa shape index (κ1) is 16.2. The third-order valence-electron chi connectivity index (χ3n) is 3.91. The summed E-state index contributed by atoms with van der Waals surface area (Å²) in [6.45, 7) is 0. The highest BCUT2D eigenvalue weighted by atomic mass is 32.1. The summed E-state index contributed by atoms with van der Waals surface area (Å²) >= 11 is 1.42. The monoisotopic (exact) mass is 361 g/mol. The Morgan fingerprint density at radius 1 is 1.00 bits per heavy atom. The van der Waals surface area contributed by atoms with Crippen molar-refractivity contribution in [3.63, 3.8) is 0 Å². The van der Waals surface area contributed by atoms with E-state index in [1.807, 2.05) is 54.6 Å². The van der Waals surface area contributed by atoms with Crippen LogP contribution in [0.1, 0.15) is 10.5 Å². The van der Waals surface area contributed by atoms with Crippen LogP contribution in [-0.4, -0.2) is 23.0 Å². The molecule has 0 fully saturated rings. The Kier molecular flexibility index (Phi) is 4.33. The number of pyridine rings is 1. The molecule has 2 heterocycles. The zero-order chi connectivity index (χ0) is 17.9. The second kappa shape index (κ2) is 6.93. The molecule has 2 aromatic carbocycles. The number of carbonyl (C=O) groups is 1. The largest absolute Gasteiger partial charge is 0.497 e. The highest BCUT2D eigenvalue weighted by molar-refractivity contribution is 7.13. The summed E-state index contributed by atoms with van der Waals surface area (Å²) in [4.78, 5) is 21.4. The fraction of sp³-hybridized carbons (Fsp3) is 0.0500. The molecule has 4 aromatic rings. The van der Waals surface area contributed by atoms with E-state index >= 15 is 0 Å². The quantitative estimate of drug-likeness (QED) is 0.576. The number of amides is 1. The Morgan fingerprint density at radius 3 is 2.62 bits per heavy atom. The van der Waals surface area contributed by atoms with Gasteiger partial charge >= 0.3 is 0 Å². The van der Waals surface area contributed by atoms with Gasteiger partial charge in [-0.1, -0.05) is 18.2 Å². The molecule has 0 spiro atoms. The number of nitrogens with zero attached hydrogens (tertiary/aromatic N) is 2. The molecule has 0 radical (unpaired) electrons. The first-order chi connectivity index (χ1) is 12.7. The molecule has 0 unspecified atom stereocenters. The molecule has 6 heteroatoms. The molecule has 0 aliphatic carbocycles. The normalized spacial score (nSPS) is 10.7. The van der Waals surface area contributed by atoms with Crippen molar-refractivity contribution in [1.82, 2.24) is 9.97 Å². The number of para-hydroxylation sites is 1. The number of hydrogen-bond acceptors (Lipinski definition) is 5. The fourth-order valence-corrected chi connectivity index (χ4v) is 3.37. The van der Waals surface area contributed by atoms with Crippen molar-refractivity contribution in [2.45, 2.75) is 0 Å². The molecule has 26 heavy (non-hydrogen) atoms. The van der Waals surface area contributed by atoms with Gasteiger partial charge in [-0.05, 0) is 42.5 Å². The topological polar surface area (TPSA) is 64.1 Å². The van der Waals surface area contributed by atoms with Crippen molar-refractivity contribution in [1.29, 1.82) is 0 Å². The SMILES string of the molecule is COc1ccc(-c2nc(C(=O)Nc3ccc4ccccc4n3)cs2)cc1. The molecule has 0 bridgehead atoms. The van der Waals surface area contributed by atoms with Crippen molar-refractivity contribution in [2.75, 3.05) is 12.4 Å². The number of fused-ring (bicyclic) bond motifs is 1. The predicted molar refractivity (Wildman–Crippen MR) is 104 cm³/mol. The van der Waals surface area contributed by atoms with Gasteiger partial charge in [0.15, 0.2) is 0 Å². The standard InChI is InChI=1S/C20H15N3O2S/c1-25-15-9-6-14(7-10-15)20-22-17(12-26-20)19(24)23-18-11-8-13-4-2-3-5-16(13)21-18/h2-12H,1H3,(H,21,23,24). The molecule has 1 amide bonds. The van der Waals surface area contributed by atoms with E-state index in [9.17, 15) is 4.79 Å². The van der Waals surface area contributed by atoms with E-state index in [0.717, 1.165) is 27.2 Å². The molecule has 0 saturated carbocycles. The van der Waals surface area contributed by atoms with Crippen LogP contribution in [0.15, 0.2) is 66.0 Å². The van der Waals surface area contributed by atoms with E-state index < -0.39 is 0 Å². The van der Waals surface area contributed by atoms with Crippen LogP contribution in [0.2, 0.25) is 0 Å². The summed E-state index contributed by atoms with van der Waals surface area (Å²) in [6.07, 6.45) is 0. The van der Waals surface area contributed by atoms with Gasteiger partial charge in [0.05, 0.1) is 12.6 Å². The number of hydrogen-bond donors (Lipinski definition) is 1. The molecule has 1 N–H and O–H groups in total. The van der Waals surface area contributed by atoms with E-state index in [4.69, 9.17) is 4.74 Å². The zero-order valence-corrected chi connectivity index (χ0v) is 14.8. The van der Waals surface area contributed by atoms with E-state index in [1.165, 1.54) is 11.3 Å². The number of benzene rings is 2. The average Bonchev–Trinajstić information content (AvgIpc) is 3.18. The van der Waals surface area contributed by atoms with Crippen molar-refractivity contribution in [3.05, 3.63) is 71.7 Å². The van der Waals surface area contributed by atoms with E-state index in [-0.39, 0.29) is 5.91 Å². The summed E-state index contributed by atoms with van der Waals surface area (Å²) in [7, 11) is 1.63. The van der Waals surface area contributed by atoms with E-state index in [1.54, 1.807) is 18.6 Å². The van der Waals surface area contributed by atoms with Gasteiger partial charge in [0.2, 0.25) is 0 Å². The van der Waals surface area contributed by atoms with Gasteiger partial charge < -0.3 is 10.1 Å². The highest BCUT2D eigenvalue weighted by Gasteiger charge is 2.13. The lowest BCUT2D eigenvalue weighted by atomic mass is 10.2. The van der Waals surface area contributed by atoms with Crippen LogP contribution in [0, 0.1) is 0 Å². The minimum Gasteiger partial charge on any atom is -0.497 e. The molecule has 0 saturated heterocycles. The molecule has 0 aliphatic rings. The van der Waals surface area contributed by atoms with Crippen molar-refractivity contribution in [3.8, 4) is 16.3 Å². The second-order valence-electron chi connectivity index (χ2n) is 5.61. The summed E-state index contributed by atoms with van der Waals surface area (Å²) in [5, 5.41) is 6.36. The Balaban J connectivity index is 1.53. The van der Waals surface area contributed by atoms with Gasteiger partial charge in [-0.3, -0.25) is 4.79 Å². The molecule has 4 rings (SSSR count). The highest BCUT2D eigenvalue weighted by Crippen LogP contribution is 2.26. The van der Waals surface area contributed by atoms with Crippen LogP contribution in [0.4, 0.5) is 5.82 Å². The molecule has 128 valence electrons. The minimum atomic E-state index is -0.274. The van der Waals surface area contributed by atoms with Crippen molar-refractivity contribution < 1.29 is 9.53 Å². The Hall–Kier alpha value is -3.25. The average molecular weight is 361 g/mol. The van der Waals surface area contributed by atoms with E-state index in [0.29, 0.717) is 11.5 Å². The molecular formula is C20H15N3O2S. The van der Waals surface area contributed by atoms with Crippen LogP contribution < -0.4 is 10.1 Å². The number of anilines is 1. The van der Waals surface area contributed by atoms with Crippen molar-refractivity contribution >= 4 is 34.0 Å². The van der Waals surface area contributed by atoms with Crippen LogP contribution in [0.25, 0.3) is 21.5 Å². The summed E-state index contributed by atoms with van der Waals surface area (Å²) in [6, 6.07) is 19.1. The van der Waals surface area contributed by atoms with Crippen LogP contribution >= 0.6 is 11.3 Å². The van der Waals surface area contributed by atoms with Gasteiger partial charge in [-0.2, -0.15) is 0 Å². The number of rotatable bonds is 4. The summed E-state index contributed by atoms with van der Waals surface area (Å²) in [5.74, 6) is 1.02. The number of nitrogens with one attached hydrogen (secondary N) is 1. The first-order valence-corrected chi connectivity index (χ1v) is 8.88. The third kappa shape index (κ3) is 3.27. The number of carbonyl (C=O) groups excluding carboxylic acids is 1. The third-order valence-corrected chi connectivity index (χ3v) is 4.81. The Morgan fingerprint density at radius 2 is 1.81 bits per heavy atom. The smallest absolute Gasteiger partial charge is 0.276 e. The number of aromatic nitrogens is 2. The number of ether oxygens (including phenoxy) is 1. The Bertz CT molecular complexity index is 1070. The van der Waals surface area contributed by atoms with Crippen LogP contribution in [0.3, 0.4) is 0 Å². The lowest BCUT2D eigenvalue weighted by Gasteiger charge is -2.04. The minimum absolute atomic E-state index is 0.274. The first-order valence-electron chi connectivity index (χ1n) is 8.00. The number of thiazole rings is 1. The van der Waals surface area contributed by atoms with Crippen LogP contribution in [0.5, 0.6) is 5.75 Å². The summed E-state index contributed by atoms with van der Waals surface area (Å²) in [5.41, 5.74) is 2.15. The zero-order valence-electron chi connectivity index (χ0n) is 14.0. The molecule has 5 nitrogen and oxygen atoms in total. The van der Waals surface area contributed by atoms with Gasteiger partial charge in [-0.15, -0.1) is 11.3 Å². The van der Waals surface area contributed by atoms with E-state index in [2.05, 4.69) is 15.3 Å². The lowest BCUT2D eigenvalue weighted by molar-refractivity contribution is 0.102. The molecule has 0 aliphatic heterocycles. The van der Waals surface area contributed by atoms with Gasteiger partial charge in [0.25, 0.3) is 5.91 Å². The van der Waals surface area contributed by atoms with Crippen molar-refractivity contribution in [2.24, 2.45) is 0 Å². The maximum Gasteiger partial charge on any atom is 0.276 e. The second-order valence-corrected chi connectivity index (χ2v) is 6.47. The Labute approximate surface area is 154 Å². The molecule has 0 atom stereocenters. The maximum absolute atomic E-state index is 12.5.